The zero-order valence-corrected chi connectivity index (χ0v) is 92.9. The molecule has 2 aliphatic heterocycles. The first-order chi connectivity index (χ1) is 68.2. The minimum Gasteiger partial charge on any atom is -0.405 e. The van der Waals surface area contributed by atoms with Gasteiger partial charge in [0, 0.05) is 50.9 Å². The highest BCUT2D eigenvalue weighted by atomic mass is 79.9. The van der Waals surface area contributed by atoms with E-state index in [0.29, 0.717) is 26.4 Å². The number of halogens is 4. The van der Waals surface area contributed by atoms with Gasteiger partial charge in [0.2, 0.25) is 0 Å². The molecule has 14 aromatic rings. The lowest BCUT2D eigenvalue weighted by Gasteiger charge is -2.36. The van der Waals surface area contributed by atoms with Crippen LogP contribution in [0.1, 0.15) is 342 Å². The van der Waals surface area contributed by atoms with E-state index in [4.69, 9.17) is 18.6 Å². The Morgan fingerprint density at radius 2 is 0.652 bits per heavy atom. The van der Waals surface area contributed by atoms with Crippen LogP contribution in [0.3, 0.4) is 0 Å². The molecule has 14 aromatic carbocycles. The van der Waals surface area contributed by atoms with Crippen molar-refractivity contribution in [1.82, 2.24) is 0 Å². The maximum atomic E-state index is 5.92. The van der Waals surface area contributed by atoms with E-state index in [2.05, 4.69) is 414 Å². The third kappa shape index (κ3) is 20.8. The molecule has 5 nitrogen and oxygen atoms in total. The molecule has 0 saturated carbocycles. The van der Waals surface area contributed by atoms with Crippen LogP contribution in [0.5, 0.6) is 0 Å². The standard InChI is InChI=1S/C56H68Br2.C40H31Br2N.C34H48B2O4/c1-9-11-13-15-17-19-33-55(34-20-18-16-14-12-10-2)49-35-43(57)29-31-45(49)47-38-52-48(37-50(47)55)46-32-30-44(58)36-51(46)56(52,41-25-21-39(22-26-41)53(3,4)5)42-27-23-40(24-28-42)54(6,7)8;1-39(2)33-12-8-7-9-28(33)31-21-35-32(22-34(31)39)38-30-11-6-5-10-29(30)37(23-36(38)40(35,3)4)43(26-17-13-24(41)14-18-26)27-19-15-25(42)16-20-27;1-3-5-7-9-11-13-15-29-30(16-14-12-10-8-6-4-2)34-26-28(36-39-23-24-40-36)18-20-32(34)31-19-17-27(25-33(29)31)35-37-21-22-38-35/h21-32,35-38H,9-20,33-34H2,1-8H3;5-23H,1-4H3;17-20,25-26H,3-16,21-24H2,1-2H3. The van der Waals surface area contributed by atoms with E-state index in [1.54, 1.807) is 11.1 Å². The summed E-state index contributed by atoms with van der Waals surface area (Å²) in [6, 6.07) is 95.5. The number of fused-ring (bicyclic) bond motifs is 17. The van der Waals surface area contributed by atoms with Gasteiger partial charge in [-0.25, -0.2) is 0 Å². The highest BCUT2D eigenvalue weighted by Gasteiger charge is 2.51. The van der Waals surface area contributed by atoms with E-state index in [1.807, 2.05) is 0 Å². The number of rotatable bonds is 35. The van der Waals surface area contributed by atoms with Gasteiger partial charge in [0.25, 0.3) is 0 Å². The van der Waals surface area contributed by atoms with Gasteiger partial charge in [0.1, 0.15) is 0 Å². The van der Waals surface area contributed by atoms with E-state index in [1.165, 1.54) is 321 Å². The summed E-state index contributed by atoms with van der Waals surface area (Å²) in [4.78, 5) is 2.40. The molecule has 4 aliphatic carbocycles. The predicted octanol–water partition coefficient (Wildman–Crippen LogP) is 37.7. The summed E-state index contributed by atoms with van der Waals surface area (Å²) in [6.45, 7) is 35.4. The molecule has 0 aromatic heterocycles. The summed E-state index contributed by atoms with van der Waals surface area (Å²) >= 11 is 15.2. The maximum Gasteiger partial charge on any atom is 0.494 e. The second-order valence-electron chi connectivity index (χ2n) is 44.5. The fourth-order valence-electron chi connectivity index (χ4n) is 24.7. The van der Waals surface area contributed by atoms with Crippen molar-refractivity contribution in [3.8, 4) is 44.5 Å². The number of nitrogens with zero attached hydrogens (tertiary/aromatic N) is 1. The van der Waals surface area contributed by atoms with Crippen LogP contribution in [-0.2, 0) is 63.9 Å². The topological polar surface area (TPSA) is 40.2 Å². The molecule has 0 bridgehead atoms. The normalized spacial score (nSPS) is 15.2. The first-order valence-corrected chi connectivity index (χ1v) is 57.0. The molecule has 0 radical (unpaired) electrons. The average Bonchev–Trinajstić information content (AvgIpc) is 1.53. The Morgan fingerprint density at radius 3 is 1.13 bits per heavy atom. The molecule has 0 spiro atoms. The average molecular weight is 2130 g/mol. The lowest BCUT2D eigenvalue weighted by molar-refractivity contribution is 0.365. The van der Waals surface area contributed by atoms with Gasteiger partial charge in [-0.15, -0.1) is 0 Å². The summed E-state index contributed by atoms with van der Waals surface area (Å²) in [6.07, 6.45) is 36.3. The summed E-state index contributed by atoms with van der Waals surface area (Å²) in [7, 11) is -0.494. The molecule has 0 N–H and O–H groups in total. The minimum atomic E-state index is -0.477. The second kappa shape index (κ2) is 44.5. The molecule has 730 valence electrons. The van der Waals surface area contributed by atoms with Crippen LogP contribution in [0.15, 0.2) is 267 Å². The first-order valence-electron chi connectivity index (χ1n) is 53.9. The second-order valence-corrected chi connectivity index (χ2v) is 48.1. The molecule has 0 amide bonds. The van der Waals surface area contributed by atoms with Gasteiger partial charge < -0.3 is 23.5 Å². The Hall–Kier alpha value is -8.45. The number of anilines is 3. The van der Waals surface area contributed by atoms with E-state index in [9.17, 15) is 0 Å². The Labute approximate surface area is 878 Å². The molecule has 141 heavy (non-hydrogen) atoms. The quantitative estimate of drug-likeness (QED) is 0.0225. The lowest BCUT2D eigenvalue weighted by Crippen LogP contribution is -2.32. The van der Waals surface area contributed by atoms with Gasteiger partial charge in [-0.1, -0.05) is 448 Å². The highest BCUT2D eigenvalue weighted by molar-refractivity contribution is 9.11. The number of benzene rings is 14. The highest BCUT2D eigenvalue weighted by Crippen LogP contribution is 2.64. The SMILES string of the molecule is CC1(C)c2ccccc2-c2cc3c(cc21)-c1c(cc(N(c2ccc(Br)cc2)c2ccc(Br)cc2)c2ccccc12)C3(C)C.CCCCCCCCC1(CCCCCCCC)c2cc(Br)ccc2-c2cc3c(cc21)-c1ccc(Br)cc1C3(c1ccc(C(C)(C)C)cc1)c1ccc(C(C)(C)C)cc1.CCCCCCCCc1c(CCCCCCCC)c2cc(B3OCCO3)ccc2c2ccc(B3OCCO3)cc12. The van der Waals surface area contributed by atoms with E-state index in [-0.39, 0.29) is 41.3 Å². The number of hydrogen-bond acceptors (Lipinski definition) is 5. The Kier molecular flexibility index (Phi) is 32.3. The monoisotopic (exact) mass is 2120 g/mol. The van der Waals surface area contributed by atoms with Crippen LogP contribution in [0.25, 0.3) is 76.8 Å². The fraction of sp³-hybridized carbons (Fsp3) is 0.400. The van der Waals surface area contributed by atoms with Crippen LogP contribution >= 0.6 is 63.7 Å². The van der Waals surface area contributed by atoms with E-state index >= 15 is 0 Å². The predicted molar refractivity (Wildman–Crippen MR) is 618 cm³/mol. The Balaban J connectivity index is 0.000000143. The van der Waals surface area contributed by atoms with Crippen LogP contribution in [0.4, 0.5) is 17.1 Å². The summed E-state index contributed by atoms with van der Waals surface area (Å²) in [5.74, 6) is 0. The van der Waals surface area contributed by atoms with Crippen molar-refractivity contribution in [1.29, 1.82) is 0 Å². The van der Waals surface area contributed by atoms with Gasteiger partial charge in [-0.3, -0.25) is 0 Å². The molecular weight excluding hydrogens is 1980 g/mol. The van der Waals surface area contributed by atoms with Gasteiger partial charge in [-0.05, 0) is 313 Å². The van der Waals surface area contributed by atoms with Crippen molar-refractivity contribution < 1.29 is 18.6 Å². The minimum absolute atomic E-state index is 0.00246. The van der Waals surface area contributed by atoms with Crippen LogP contribution in [0.2, 0.25) is 0 Å². The molecule has 0 unspecified atom stereocenters. The summed E-state index contributed by atoms with van der Waals surface area (Å²) < 4.78 is 28.1. The number of aryl methyl sites for hydroxylation is 2. The Bertz CT molecular complexity index is 6560. The van der Waals surface area contributed by atoms with Crippen LogP contribution in [-0.4, -0.2) is 40.7 Å². The van der Waals surface area contributed by atoms with Crippen molar-refractivity contribution in [2.24, 2.45) is 0 Å². The smallest absolute Gasteiger partial charge is 0.405 e. The fourth-order valence-corrected chi connectivity index (χ4v) is 25.9. The number of hydrogen-bond donors (Lipinski definition) is 0. The van der Waals surface area contributed by atoms with Crippen LogP contribution in [0, 0.1) is 0 Å². The molecule has 0 atom stereocenters. The largest absolute Gasteiger partial charge is 0.494 e. The number of unbranched alkanes of at least 4 members (excludes halogenated alkanes) is 20. The van der Waals surface area contributed by atoms with Crippen molar-refractivity contribution in [3.63, 3.8) is 0 Å². The lowest BCUT2D eigenvalue weighted by atomic mass is 9.66. The third-order valence-corrected chi connectivity index (χ3v) is 34.4. The van der Waals surface area contributed by atoms with Crippen molar-refractivity contribution in [3.05, 3.63) is 345 Å². The molecule has 2 saturated heterocycles. The first kappa shape index (κ1) is 103. The van der Waals surface area contributed by atoms with Gasteiger partial charge in [-0.2, -0.15) is 0 Å². The van der Waals surface area contributed by atoms with Gasteiger partial charge >= 0.3 is 14.2 Å². The van der Waals surface area contributed by atoms with E-state index < -0.39 is 5.41 Å². The summed E-state index contributed by atoms with van der Waals surface area (Å²) in [5.41, 5.74) is 36.4. The third-order valence-electron chi connectivity index (χ3n) is 32.3. The van der Waals surface area contributed by atoms with Gasteiger partial charge in [0.05, 0.1) is 37.5 Å². The molecule has 11 heteroatoms. The molecular formula is C130H147B2Br4NO4. The van der Waals surface area contributed by atoms with Crippen molar-refractivity contribution >= 4 is 138 Å². The van der Waals surface area contributed by atoms with E-state index in [0.717, 1.165) is 48.6 Å². The van der Waals surface area contributed by atoms with Crippen LogP contribution < -0.4 is 15.8 Å². The molecule has 6 aliphatic rings. The zero-order valence-electron chi connectivity index (χ0n) is 86.5. The molecule has 2 heterocycles. The van der Waals surface area contributed by atoms with Gasteiger partial charge in [0.15, 0.2) is 0 Å². The van der Waals surface area contributed by atoms with Crippen molar-refractivity contribution in [2.75, 3.05) is 31.3 Å². The molecule has 2 fully saturated rings. The maximum absolute atomic E-state index is 5.92. The zero-order chi connectivity index (χ0) is 98.5. The summed E-state index contributed by atoms with van der Waals surface area (Å²) in [5, 5.41) is 8.00. The molecule has 20 rings (SSSR count). The Morgan fingerprint density at radius 1 is 0.291 bits per heavy atom. The van der Waals surface area contributed by atoms with Crippen molar-refractivity contribution in [2.45, 2.75) is 309 Å².